The van der Waals surface area contributed by atoms with Gasteiger partial charge in [-0.2, -0.15) is 0 Å². The van der Waals surface area contributed by atoms with Crippen LogP contribution in [0.2, 0.25) is 5.02 Å². The lowest BCUT2D eigenvalue weighted by Crippen LogP contribution is -2.54. The first-order valence-electron chi connectivity index (χ1n) is 14.6. The van der Waals surface area contributed by atoms with Crippen LogP contribution in [0.25, 0.3) is 0 Å². The van der Waals surface area contributed by atoms with Crippen LogP contribution in [-0.4, -0.2) is 43.8 Å². The second-order valence-electron chi connectivity index (χ2n) is 11.3. The second-order valence-corrected chi connectivity index (χ2v) is 14.5. The molecule has 0 aromatic heterocycles. The molecule has 0 radical (unpaired) electrons. The Morgan fingerprint density at radius 3 is 2.13 bits per heavy atom. The average Bonchev–Trinajstić information content (AvgIpc) is 3.00. The van der Waals surface area contributed by atoms with E-state index in [1.807, 2.05) is 75.4 Å². The number of anilines is 1. The van der Waals surface area contributed by atoms with Crippen LogP contribution in [0.3, 0.4) is 0 Å². The standard InChI is InChI=1S/C35H37BrClN3O4S/c1-24(2)38-35(42)33(20-27-8-6-5-7-9-27)39(22-28-13-15-29(36)16-14-28)34(41)23-40(32-21-30(37)17-12-26(32)4)45(43,44)31-18-10-25(3)11-19-31/h5-19,21,24,33H,20,22-23H2,1-4H3,(H,38,42)/t33-/m1/s1. The predicted molar refractivity (Wildman–Crippen MR) is 184 cm³/mol. The summed E-state index contributed by atoms with van der Waals surface area (Å²) in [6.07, 6.45) is 0.239. The van der Waals surface area contributed by atoms with E-state index in [1.165, 1.54) is 17.0 Å². The summed E-state index contributed by atoms with van der Waals surface area (Å²) in [7, 11) is -4.22. The van der Waals surface area contributed by atoms with Crippen molar-refractivity contribution in [2.24, 2.45) is 0 Å². The highest BCUT2D eigenvalue weighted by Gasteiger charge is 2.35. The van der Waals surface area contributed by atoms with Crippen molar-refractivity contribution in [1.29, 1.82) is 0 Å². The highest BCUT2D eigenvalue weighted by Crippen LogP contribution is 2.30. The fourth-order valence-corrected chi connectivity index (χ4v) is 6.82. The zero-order chi connectivity index (χ0) is 32.7. The number of sulfonamides is 1. The minimum absolute atomic E-state index is 0.0399. The maximum absolute atomic E-state index is 14.5. The van der Waals surface area contributed by atoms with E-state index in [0.717, 1.165) is 25.5 Å². The van der Waals surface area contributed by atoms with Gasteiger partial charge in [-0.15, -0.1) is 0 Å². The number of amides is 2. The number of aryl methyl sites for hydroxylation is 2. The molecule has 0 saturated heterocycles. The first-order chi connectivity index (χ1) is 21.3. The normalized spacial score (nSPS) is 12.1. The van der Waals surface area contributed by atoms with E-state index in [9.17, 15) is 18.0 Å². The number of halogens is 2. The summed E-state index contributed by atoms with van der Waals surface area (Å²) in [5.41, 5.74) is 3.46. The van der Waals surface area contributed by atoms with E-state index in [4.69, 9.17) is 11.6 Å². The second kappa shape index (κ2) is 15.1. The van der Waals surface area contributed by atoms with Crippen molar-refractivity contribution < 1.29 is 18.0 Å². The van der Waals surface area contributed by atoms with Crippen LogP contribution < -0.4 is 9.62 Å². The molecule has 0 saturated carbocycles. The molecule has 1 atom stereocenters. The van der Waals surface area contributed by atoms with Crippen LogP contribution in [0.5, 0.6) is 0 Å². The van der Waals surface area contributed by atoms with Gasteiger partial charge in [-0.05, 0) is 80.8 Å². The molecule has 45 heavy (non-hydrogen) atoms. The van der Waals surface area contributed by atoms with Gasteiger partial charge < -0.3 is 10.2 Å². The van der Waals surface area contributed by atoms with Gasteiger partial charge in [0.25, 0.3) is 10.0 Å². The fourth-order valence-electron chi connectivity index (χ4n) is 4.92. The van der Waals surface area contributed by atoms with Crippen molar-refractivity contribution in [2.45, 2.75) is 57.6 Å². The number of nitrogens with one attached hydrogen (secondary N) is 1. The third-order valence-electron chi connectivity index (χ3n) is 7.30. The number of rotatable bonds is 12. The van der Waals surface area contributed by atoms with Crippen molar-refractivity contribution in [1.82, 2.24) is 10.2 Å². The molecule has 4 aromatic carbocycles. The molecular formula is C35H37BrClN3O4S. The fraction of sp³-hybridized carbons (Fsp3) is 0.257. The van der Waals surface area contributed by atoms with Crippen molar-refractivity contribution >= 4 is 55.1 Å². The summed E-state index contributed by atoms with van der Waals surface area (Å²) in [4.78, 5) is 29.9. The van der Waals surface area contributed by atoms with Crippen LogP contribution in [0.15, 0.2) is 106 Å². The van der Waals surface area contributed by atoms with E-state index in [1.54, 1.807) is 37.3 Å². The zero-order valence-corrected chi connectivity index (χ0v) is 28.9. The Balaban J connectivity index is 1.83. The lowest BCUT2D eigenvalue weighted by molar-refractivity contribution is -0.140. The molecule has 0 bridgehead atoms. The molecule has 1 N–H and O–H groups in total. The third kappa shape index (κ3) is 8.96. The summed E-state index contributed by atoms with van der Waals surface area (Å²) in [6.45, 7) is 6.89. The molecule has 0 spiro atoms. The van der Waals surface area contributed by atoms with Gasteiger partial charge >= 0.3 is 0 Å². The highest BCUT2D eigenvalue weighted by molar-refractivity contribution is 9.10. The van der Waals surface area contributed by atoms with Crippen molar-refractivity contribution in [3.8, 4) is 0 Å². The Morgan fingerprint density at radius 1 is 0.867 bits per heavy atom. The van der Waals surface area contributed by atoms with Crippen molar-refractivity contribution in [3.05, 3.63) is 129 Å². The van der Waals surface area contributed by atoms with Crippen LogP contribution in [0.4, 0.5) is 5.69 Å². The average molecular weight is 711 g/mol. The number of hydrogen-bond donors (Lipinski definition) is 1. The van der Waals surface area contributed by atoms with Gasteiger partial charge in [0, 0.05) is 28.5 Å². The molecular weight excluding hydrogens is 674 g/mol. The Morgan fingerprint density at radius 2 is 1.51 bits per heavy atom. The number of benzene rings is 4. The number of carbonyl (C=O) groups excluding carboxylic acids is 2. The summed E-state index contributed by atoms with van der Waals surface area (Å²) in [5.74, 6) is -0.862. The molecule has 0 aliphatic rings. The Labute approximate surface area is 279 Å². The molecule has 0 aliphatic carbocycles. The highest BCUT2D eigenvalue weighted by atomic mass is 79.9. The lowest BCUT2D eigenvalue weighted by atomic mass is 10.0. The molecule has 10 heteroatoms. The summed E-state index contributed by atoms with van der Waals surface area (Å²) >= 11 is 9.81. The number of nitrogens with zero attached hydrogens (tertiary/aromatic N) is 2. The van der Waals surface area contributed by atoms with E-state index in [0.29, 0.717) is 10.6 Å². The number of carbonyl (C=O) groups is 2. The summed E-state index contributed by atoms with van der Waals surface area (Å²) in [6, 6.07) is 27.2. The molecule has 7 nitrogen and oxygen atoms in total. The lowest BCUT2D eigenvalue weighted by Gasteiger charge is -2.34. The van der Waals surface area contributed by atoms with E-state index < -0.39 is 28.5 Å². The summed E-state index contributed by atoms with van der Waals surface area (Å²) < 4.78 is 30.4. The minimum Gasteiger partial charge on any atom is -0.352 e. The van der Waals surface area contributed by atoms with Gasteiger partial charge in [-0.25, -0.2) is 8.42 Å². The summed E-state index contributed by atoms with van der Waals surface area (Å²) in [5, 5.41) is 3.30. The van der Waals surface area contributed by atoms with Crippen molar-refractivity contribution in [2.75, 3.05) is 10.8 Å². The van der Waals surface area contributed by atoms with E-state index >= 15 is 0 Å². The monoisotopic (exact) mass is 709 g/mol. The quantitative estimate of drug-likeness (QED) is 0.170. The number of hydrogen-bond acceptors (Lipinski definition) is 4. The van der Waals surface area contributed by atoms with Gasteiger partial charge in [0.05, 0.1) is 10.6 Å². The molecule has 236 valence electrons. The Kier molecular flexibility index (Phi) is 11.5. The van der Waals surface area contributed by atoms with Gasteiger partial charge in [0.2, 0.25) is 11.8 Å². The molecule has 4 rings (SSSR count). The van der Waals surface area contributed by atoms with Gasteiger partial charge in [0.1, 0.15) is 12.6 Å². The van der Waals surface area contributed by atoms with Crippen LogP contribution in [-0.2, 0) is 32.6 Å². The Hall–Kier alpha value is -3.66. The van der Waals surface area contributed by atoms with E-state index in [-0.39, 0.29) is 35.5 Å². The maximum Gasteiger partial charge on any atom is 0.264 e. The first kappa shape index (κ1) is 34.2. The third-order valence-corrected chi connectivity index (χ3v) is 9.83. The molecule has 0 heterocycles. The molecule has 0 aliphatic heterocycles. The molecule has 4 aromatic rings. The Bertz CT molecular complexity index is 1730. The SMILES string of the molecule is Cc1ccc(S(=O)(=O)N(CC(=O)N(Cc2ccc(Br)cc2)[C@H](Cc2ccccc2)C(=O)NC(C)C)c2cc(Cl)ccc2C)cc1. The van der Waals surface area contributed by atoms with Crippen LogP contribution >= 0.6 is 27.5 Å². The largest absolute Gasteiger partial charge is 0.352 e. The maximum atomic E-state index is 14.5. The van der Waals surface area contributed by atoms with Gasteiger partial charge in [-0.3, -0.25) is 13.9 Å². The van der Waals surface area contributed by atoms with Gasteiger partial charge in [-0.1, -0.05) is 93.8 Å². The smallest absolute Gasteiger partial charge is 0.264 e. The minimum atomic E-state index is -4.22. The van der Waals surface area contributed by atoms with E-state index in [2.05, 4.69) is 21.2 Å². The van der Waals surface area contributed by atoms with Gasteiger partial charge in [0.15, 0.2) is 0 Å². The van der Waals surface area contributed by atoms with Crippen LogP contribution in [0, 0.1) is 13.8 Å². The topological polar surface area (TPSA) is 86.8 Å². The first-order valence-corrected chi connectivity index (χ1v) is 17.2. The predicted octanol–water partition coefficient (Wildman–Crippen LogP) is 7.08. The molecule has 0 fully saturated rings. The zero-order valence-electron chi connectivity index (χ0n) is 25.7. The molecule has 0 unspecified atom stereocenters. The van der Waals surface area contributed by atoms with Crippen LogP contribution in [0.1, 0.15) is 36.1 Å². The molecule has 2 amide bonds. The van der Waals surface area contributed by atoms with Crippen molar-refractivity contribution in [3.63, 3.8) is 0 Å².